The van der Waals surface area contributed by atoms with Gasteiger partial charge in [-0.3, -0.25) is 0 Å². The van der Waals surface area contributed by atoms with Crippen molar-refractivity contribution < 1.29 is 0 Å². The number of nitrogens with zero attached hydrogens (tertiary/aromatic N) is 2. The minimum atomic E-state index is 0.903. The molecule has 0 N–H and O–H groups in total. The fraction of sp³-hybridized carbons (Fsp3) is 0.149. The van der Waals surface area contributed by atoms with Crippen LogP contribution in [0.2, 0.25) is 0 Å². The Morgan fingerprint density at radius 3 is 2.24 bits per heavy atom. The Kier molecular flexibility index (Phi) is 10.9. The molecule has 4 aromatic rings. The first-order chi connectivity index (χ1) is 24.1. The Labute approximate surface area is 292 Å². The molecule has 0 amide bonds. The molecule has 49 heavy (non-hydrogen) atoms. The standard InChI is InChI=1S/C47H46N2/c1-5-8-15-43(48(4)6-2)34-39-23-21-37(22-24-39)18-19-38-27-31-42(32-28-38)41-14-12-13-36(26-30-41)20-25-40-29-33-45-44-16-10-9-11-17-46(44)49(7-3)47(45)35-40/h5,8-11,13-15,17-35H,1,6-7,12,16H2,2-4H3/b15-8-,19-18+,25-20+,43-34-. The molecule has 0 bridgehead atoms. The molecule has 0 saturated heterocycles. The maximum absolute atomic E-state index is 3.80. The van der Waals surface area contributed by atoms with Crippen molar-refractivity contribution >= 4 is 46.9 Å². The largest absolute Gasteiger partial charge is 0.375 e. The van der Waals surface area contributed by atoms with Gasteiger partial charge >= 0.3 is 0 Å². The third-order valence-electron chi connectivity index (χ3n) is 9.27. The summed E-state index contributed by atoms with van der Waals surface area (Å²) < 4.78 is 2.44. The highest BCUT2D eigenvalue weighted by atomic mass is 15.1. The Balaban J connectivity index is 1.09. The van der Waals surface area contributed by atoms with Crippen LogP contribution in [0.3, 0.4) is 0 Å². The fourth-order valence-electron chi connectivity index (χ4n) is 6.38. The summed E-state index contributed by atoms with van der Waals surface area (Å²) in [5.41, 5.74) is 13.7. The fourth-order valence-corrected chi connectivity index (χ4v) is 6.38. The molecule has 1 heterocycles. The van der Waals surface area contributed by atoms with E-state index in [9.17, 15) is 0 Å². The Morgan fingerprint density at radius 1 is 0.796 bits per heavy atom. The number of hydrogen-bond donors (Lipinski definition) is 0. The molecule has 3 aromatic carbocycles. The molecular weight excluding hydrogens is 593 g/mol. The van der Waals surface area contributed by atoms with E-state index in [2.05, 4.69) is 189 Å². The summed E-state index contributed by atoms with van der Waals surface area (Å²) in [4.78, 5) is 2.22. The Bertz CT molecular complexity index is 2080. The predicted octanol–water partition coefficient (Wildman–Crippen LogP) is 12.0. The lowest BCUT2D eigenvalue weighted by molar-refractivity contribution is 0.460. The second kappa shape index (κ2) is 16.0. The van der Waals surface area contributed by atoms with Gasteiger partial charge in [-0.25, -0.2) is 0 Å². The zero-order valence-corrected chi connectivity index (χ0v) is 29.0. The summed E-state index contributed by atoms with van der Waals surface area (Å²) in [6.07, 6.45) is 36.7. The average Bonchev–Trinajstić information content (AvgIpc) is 3.35. The second-order valence-electron chi connectivity index (χ2n) is 12.4. The number of aryl methyl sites for hydroxylation is 1. The van der Waals surface area contributed by atoms with E-state index in [4.69, 9.17) is 0 Å². The molecule has 6 rings (SSSR count). The first-order valence-corrected chi connectivity index (χ1v) is 17.4. The van der Waals surface area contributed by atoms with E-state index < -0.39 is 0 Å². The van der Waals surface area contributed by atoms with Crippen molar-refractivity contribution in [2.75, 3.05) is 13.6 Å². The molecular formula is C47H46N2. The van der Waals surface area contributed by atoms with Crippen LogP contribution in [-0.2, 0) is 13.0 Å². The zero-order chi connectivity index (χ0) is 34.0. The number of benzene rings is 3. The van der Waals surface area contributed by atoms with Gasteiger partial charge in [0.2, 0.25) is 0 Å². The van der Waals surface area contributed by atoms with E-state index in [1.54, 1.807) is 0 Å². The van der Waals surface area contributed by atoms with E-state index in [-0.39, 0.29) is 0 Å². The summed E-state index contributed by atoms with van der Waals surface area (Å²) in [5, 5.41) is 1.36. The van der Waals surface area contributed by atoms with E-state index in [1.807, 2.05) is 12.2 Å². The van der Waals surface area contributed by atoms with Crippen LogP contribution in [0.5, 0.6) is 0 Å². The second-order valence-corrected chi connectivity index (χ2v) is 12.4. The number of aromatic nitrogens is 1. The van der Waals surface area contributed by atoms with Crippen LogP contribution in [0, 0.1) is 0 Å². The molecule has 0 radical (unpaired) electrons. The molecule has 2 aliphatic rings. The van der Waals surface area contributed by atoms with Crippen LogP contribution in [0.15, 0.2) is 151 Å². The minimum Gasteiger partial charge on any atom is -0.375 e. The Morgan fingerprint density at radius 2 is 1.51 bits per heavy atom. The van der Waals surface area contributed by atoms with Crippen molar-refractivity contribution in [3.05, 3.63) is 190 Å². The SMILES string of the molecule is C=C/C=C\C(=C\c1ccc(/C=C/c2ccc(C3=CCC=C(/C=C/c4ccc5c6c(n(CC)c5c4)C=CC=CC6)C=C3)cc2)cc1)N(C)CC. The van der Waals surface area contributed by atoms with Crippen LogP contribution in [0.4, 0.5) is 0 Å². The minimum absolute atomic E-state index is 0.903. The van der Waals surface area contributed by atoms with Gasteiger partial charge in [-0.15, -0.1) is 0 Å². The van der Waals surface area contributed by atoms with Crippen molar-refractivity contribution in [1.29, 1.82) is 0 Å². The molecule has 244 valence electrons. The first-order valence-electron chi connectivity index (χ1n) is 17.4. The lowest BCUT2D eigenvalue weighted by Crippen LogP contribution is -2.15. The Hall–Kier alpha value is -5.60. The van der Waals surface area contributed by atoms with Gasteiger partial charge in [-0.05, 0) is 95.5 Å². The highest BCUT2D eigenvalue weighted by molar-refractivity contribution is 5.90. The van der Waals surface area contributed by atoms with Crippen molar-refractivity contribution in [3.63, 3.8) is 0 Å². The van der Waals surface area contributed by atoms with Gasteiger partial charge in [0.25, 0.3) is 0 Å². The van der Waals surface area contributed by atoms with Crippen LogP contribution in [0.1, 0.15) is 59.3 Å². The van der Waals surface area contributed by atoms with Crippen LogP contribution in [-0.4, -0.2) is 23.1 Å². The van der Waals surface area contributed by atoms with Gasteiger partial charge < -0.3 is 9.47 Å². The summed E-state index contributed by atoms with van der Waals surface area (Å²) in [7, 11) is 2.10. The number of allylic oxidation sites excluding steroid dienone is 13. The molecule has 0 spiro atoms. The molecule has 0 unspecified atom stereocenters. The summed E-state index contributed by atoms with van der Waals surface area (Å²) in [5.74, 6) is 0. The van der Waals surface area contributed by atoms with E-state index >= 15 is 0 Å². The third-order valence-corrected chi connectivity index (χ3v) is 9.27. The number of hydrogen-bond acceptors (Lipinski definition) is 1. The van der Waals surface area contributed by atoms with Crippen molar-refractivity contribution in [2.24, 2.45) is 0 Å². The molecule has 0 atom stereocenters. The molecule has 2 nitrogen and oxygen atoms in total. The highest BCUT2D eigenvalue weighted by Crippen LogP contribution is 2.31. The quantitative estimate of drug-likeness (QED) is 0.117. The van der Waals surface area contributed by atoms with Gasteiger partial charge in [0.15, 0.2) is 0 Å². The number of fused-ring (bicyclic) bond motifs is 3. The lowest BCUT2D eigenvalue weighted by Gasteiger charge is -2.18. The topological polar surface area (TPSA) is 8.17 Å². The molecule has 1 aromatic heterocycles. The van der Waals surface area contributed by atoms with Gasteiger partial charge in [-0.1, -0.05) is 146 Å². The normalized spacial score (nSPS) is 14.8. The van der Waals surface area contributed by atoms with Crippen LogP contribution in [0.25, 0.3) is 46.9 Å². The summed E-state index contributed by atoms with van der Waals surface area (Å²) in [6, 6.07) is 24.4. The summed E-state index contributed by atoms with van der Waals surface area (Å²) >= 11 is 0. The van der Waals surface area contributed by atoms with E-state index in [1.165, 1.54) is 61.1 Å². The van der Waals surface area contributed by atoms with Gasteiger partial charge in [-0.2, -0.15) is 0 Å². The highest BCUT2D eigenvalue weighted by Gasteiger charge is 2.14. The van der Waals surface area contributed by atoms with Gasteiger partial charge in [0.1, 0.15) is 0 Å². The van der Waals surface area contributed by atoms with Gasteiger partial charge in [0, 0.05) is 42.4 Å². The van der Waals surface area contributed by atoms with Crippen molar-refractivity contribution in [1.82, 2.24) is 9.47 Å². The molecule has 0 saturated carbocycles. The maximum Gasteiger partial charge on any atom is 0.0494 e. The lowest BCUT2D eigenvalue weighted by atomic mass is 10.0. The number of rotatable bonds is 11. The molecule has 2 heteroatoms. The molecule has 0 aliphatic heterocycles. The predicted molar refractivity (Wildman–Crippen MR) is 216 cm³/mol. The first kappa shape index (κ1) is 33.3. The van der Waals surface area contributed by atoms with E-state index in [0.717, 1.165) is 31.6 Å². The van der Waals surface area contributed by atoms with Crippen LogP contribution < -0.4 is 0 Å². The average molecular weight is 639 g/mol. The maximum atomic E-state index is 3.80. The zero-order valence-electron chi connectivity index (χ0n) is 29.0. The monoisotopic (exact) mass is 638 g/mol. The van der Waals surface area contributed by atoms with E-state index in [0.29, 0.717) is 0 Å². The van der Waals surface area contributed by atoms with Crippen LogP contribution >= 0.6 is 0 Å². The van der Waals surface area contributed by atoms with Crippen molar-refractivity contribution in [3.8, 4) is 0 Å². The van der Waals surface area contributed by atoms with Gasteiger partial charge in [0.05, 0.1) is 0 Å². The summed E-state index contributed by atoms with van der Waals surface area (Å²) in [6.45, 7) is 10.1. The molecule has 0 fully saturated rings. The van der Waals surface area contributed by atoms with Crippen molar-refractivity contribution in [2.45, 2.75) is 33.2 Å². The smallest absolute Gasteiger partial charge is 0.0494 e. The third kappa shape index (κ3) is 8.11. The number of likely N-dealkylation sites (N-methyl/N-ethyl adjacent to an activating group) is 1. The molecule has 2 aliphatic carbocycles.